The predicted molar refractivity (Wildman–Crippen MR) is 171 cm³/mol. The Morgan fingerprint density at radius 3 is 2.28 bits per heavy atom. The van der Waals surface area contributed by atoms with Crippen molar-refractivity contribution >= 4 is 10.8 Å². The average molecular weight is 745 g/mol. The largest absolute Gasteiger partial charge is 0.507 e. The third-order valence-corrected chi connectivity index (χ3v) is 7.57. The van der Waals surface area contributed by atoms with E-state index in [0.717, 1.165) is 50.0 Å². The first-order chi connectivity index (χ1) is 20.4. The molecule has 0 radical (unpaired) electrons. The number of pyridine rings is 2. The number of ether oxygens (including phenoxy) is 1. The van der Waals surface area contributed by atoms with Gasteiger partial charge in [-0.1, -0.05) is 100 Å². The molecule has 1 N–H and O–H groups in total. The van der Waals surface area contributed by atoms with Crippen LogP contribution in [0.3, 0.4) is 0 Å². The van der Waals surface area contributed by atoms with E-state index >= 15 is 0 Å². The van der Waals surface area contributed by atoms with Crippen LogP contribution in [0.15, 0.2) is 109 Å². The summed E-state index contributed by atoms with van der Waals surface area (Å²) < 4.78 is 6.23. The molecule has 4 aromatic carbocycles. The van der Waals surface area contributed by atoms with Crippen LogP contribution >= 0.6 is 0 Å². The quantitative estimate of drug-likeness (QED) is 0.165. The molecular weight excluding hydrogens is 712 g/mol. The van der Waals surface area contributed by atoms with E-state index in [9.17, 15) is 5.11 Å². The Balaban J connectivity index is 0.00000368. The molecule has 6 rings (SSSR count). The maximum Gasteiger partial charge on any atom is 0.225 e. The SMILES string of the molecule is CC(C)c1cc(-c2nc(-c3[c-]c(Oc4nccc5ccccc45)ccc3)ccc2-c2ccccc2)c(O)c(C(C)C)c1.[Pt]. The molecule has 0 spiro atoms. The van der Waals surface area contributed by atoms with E-state index in [0.29, 0.717) is 17.5 Å². The molecule has 2 heterocycles. The minimum absolute atomic E-state index is 0. The van der Waals surface area contributed by atoms with Gasteiger partial charge in [-0.3, -0.25) is 4.98 Å². The zero-order valence-electron chi connectivity index (χ0n) is 24.6. The number of hydrogen-bond donors (Lipinski definition) is 1. The summed E-state index contributed by atoms with van der Waals surface area (Å²) in [7, 11) is 0. The Kier molecular flexibility index (Phi) is 9.08. The third-order valence-electron chi connectivity index (χ3n) is 7.57. The fourth-order valence-corrected chi connectivity index (χ4v) is 5.23. The molecule has 0 unspecified atom stereocenters. The van der Waals surface area contributed by atoms with Crippen molar-refractivity contribution in [2.45, 2.75) is 39.5 Å². The van der Waals surface area contributed by atoms with Crippen molar-refractivity contribution in [2.75, 3.05) is 0 Å². The molecule has 0 saturated heterocycles. The van der Waals surface area contributed by atoms with Crippen LogP contribution in [0.1, 0.15) is 50.7 Å². The molecule has 2 aromatic heterocycles. The molecule has 0 bridgehead atoms. The first-order valence-corrected chi connectivity index (χ1v) is 14.4. The van der Waals surface area contributed by atoms with Crippen molar-refractivity contribution in [1.29, 1.82) is 0 Å². The van der Waals surface area contributed by atoms with E-state index in [4.69, 9.17) is 9.72 Å². The van der Waals surface area contributed by atoms with Gasteiger partial charge in [0.25, 0.3) is 0 Å². The molecule has 218 valence electrons. The number of aromatic nitrogens is 2. The van der Waals surface area contributed by atoms with E-state index in [1.54, 1.807) is 6.20 Å². The minimum Gasteiger partial charge on any atom is -0.507 e. The molecule has 6 aromatic rings. The Morgan fingerprint density at radius 2 is 1.51 bits per heavy atom. The van der Waals surface area contributed by atoms with Crippen molar-refractivity contribution in [3.05, 3.63) is 127 Å². The second-order valence-corrected chi connectivity index (χ2v) is 11.1. The van der Waals surface area contributed by atoms with Crippen LogP contribution in [0.4, 0.5) is 0 Å². The summed E-state index contributed by atoms with van der Waals surface area (Å²) in [5, 5.41) is 13.6. The smallest absolute Gasteiger partial charge is 0.225 e. The number of rotatable bonds is 7. The Labute approximate surface area is 267 Å². The molecule has 0 aliphatic carbocycles. The summed E-state index contributed by atoms with van der Waals surface area (Å²) in [6.45, 7) is 8.56. The van der Waals surface area contributed by atoms with Gasteiger partial charge in [-0.15, -0.1) is 23.8 Å². The van der Waals surface area contributed by atoms with Crippen LogP contribution in [-0.2, 0) is 21.1 Å². The third kappa shape index (κ3) is 6.26. The van der Waals surface area contributed by atoms with Crippen molar-refractivity contribution in [2.24, 2.45) is 0 Å². The predicted octanol–water partition coefficient (Wildman–Crippen LogP) is 10.2. The maximum absolute atomic E-state index is 11.6. The molecule has 4 nitrogen and oxygen atoms in total. The van der Waals surface area contributed by atoms with Gasteiger partial charge in [-0.25, -0.2) is 4.98 Å². The number of phenolic OH excluding ortho intramolecular Hbond substituents is 1. The van der Waals surface area contributed by atoms with Gasteiger partial charge in [0.2, 0.25) is 5.88 Å². The zero-order valence-corrected chi connectivity index (χ0v) is 26.9. The molecule has 0 atom stereocenters. The second-order valence-electron chi connectivity index (χ2n) is 11.1. The number of hydrogen-bond acceptors (Lipinski definition) is 4. The summed E-state index contributed by atoms with van der Waals surface area (Å²) in [6.07, 6.45) is 1.75. The molecule has 0 saturated carbocycles. The molecule has 0 fully saturated rings. The summed E-state index contributed by atoms with van der Waals surface area (Å²) in [6, 6.07) is 37.7. The van der Waals surface area contributed by atoms with Crippen LogP contribution in [0.2, 0.25) is 0 Å². The maximum atomic E-state index is 11.6. The first kappa shape index (κ1) is 30.2. The van der Waals surface area contributed by atoms with Gasteiger partial charge < -0.3 is 9.84 Å². The van der Waals surface area contributed by atoms with Gasteiger partial charge >= 0.3 is 0 Å². The van der Waals surface area contributed by atoms with Crippen molar-refractivity contribution < 1.29 is 30.9 Å². The fourth-order valence-electron chi connectivity index (χ4n) is 5.23. The summed E-state index contributed by atoms with van der Waals surface area (Å²) >= 11 is 0. The minimum atomic E-state index is 0. The fraction of sp³-hybridized carbons (Fsp3) is 0.158. The van der Waals surface area contributed by atoms with Gasteiger partial charge in [0.1, 0.15) is 5.75 Å². The van der Waals surface area contributed by atoms with E-state index < -0.39 is 0 Å². The van der Waals surface area contributed by atoms with Crippen LogP contribution in [0.25, 0.3) is 44.4 Å². The van der Waals surface area contributed by atoms with Crippen LogP contribution in [-0.4, -0.2) is 15.1 Å². The van der Waals surface area contributed by atoms with Gasteiger partial charge in [0.05, 0.1) is 5.69 Å². The monoisotopic (exact) mass is 744 g/mol. The Morgan fingerprint density at radius 1 is 0.744 bits per heavy atom. The van der Waals surface area contributed by atoms with Crippen molar-refractivity contribution in [1.82, 2.24) is 9.97 Å². The topological polar surface area (TPSA) is 55.2 Å². The number of phenols is 1. The van der Waals surface area contributed by atoms with Gasteiger partial charge in [-0.2, -0.15) is 0 Å². The molecule has 0 aliphatic rings. The normalized spacial score (nSPS) is 11.1. The second kappa shape index (κ2) is 12.9. The molecule has 5 heteroatoms. The van der Waals surface area contributed by atoms with E-state index in [1.807, 2.05) is 72.8 Å². The van der Waals surface area contributed by atoms with Gasteiger partial charge in [0.15, 0.2) is 0 Å². The summed E-state index contributed by atoms with van der Waals surface area (Å²) in [4.78, 5) is 9.66. The number of nitrogens with zero attached hydrogens (tertiary/aromatic N) is 2. The number of aromatic hydroxyl groups is 1. The first-order valence-electron chi connectivity index (χ1n) is 14.4. The van der Waals surface area contributed by atoms with Crippen LogP contribution in [0, 0.1) is 6.07 Å². The summed E-state index contributed by atoms with van der Waals surface area (Å²) in [5.41, 5.74) is 7.08. The molecular formula is C38H33N2O2Pt-. The zero-order chi connectivity index (χ0) is 29.2. The van der Waals surface area contributed by atoms with Crippen molar-refractivity contribution in [3.63, 3.8) is 0 Å². The van der Waals surface area contributed by atoms with Gasteiger partial charge in [-0.05, 0) is 57.8 Å². The van der Waals surface area contributed by atoms with E-state index in [-0.39, 0.29) is 32.7 Å². The van der Waals surface area contributed by atoms with Gasteiger partial charge in [0, 0.05) is 49.5 Å². The van der Waals surface area contributed by atoms with E-state index in [1.165, 1.54) is 5.56 Å². The van der Waals surface area contributed by atoms with E-state index in [2.05, 4.69) is 69.1 Å². The van der Waals surface area contributed by atoms with Crippen molar-refractivity contribution in [3.8, 4) is 51.0 Å². The summed E-state index contributed by atoms with van der Waals surface area (Å²) in [5.74, 6) is 1.83. The standard InChI is InChI=1S/C38H33N2O2.Pt/c1-24(2)29-22-33(25(3)4)37(41)34(23-29)36-31(26-11-6-5-7-12-26)17-18-35(40-36)28-14-10-15-30(21-28)42-38-32-16-9-8-13-27(32)19-20-39-38;/h5-20,22-25,41H,1-4H3;/q-1;. The molecule has 0 amide bonds. The van der Waals surface area contributed by atoms with Crippen LogP contribution in [0.5, 0.6) is 17.4 Å². The Hall–Kier alpha value is -4.27. The average Bonchev–Trinajstić information content (AvgIpc) is 3.01. The molecule has 0 aliphatic heterocycles. The molecule has 43 heavy (non-hydrogen) atoms. The number of fused-ring (bicyclic) bond motifs is 1. The number of benzene rings is 4. The Bertz CT molecular complexity index is 1880. The van der Waals surface area contributed by atoms with Crippen LogP contribution < -0.4 is 4.74 Å².